The van der Waals surface area contributed by atoms with Crippen LogP contribution in [0.2, 0.25) is 10.0 Å². The third-order valence-corrected chi connectivity index (χ3v) is 5.49. The minimum atomic E-state index is -3.73. The van der Waals surface area contributed by atoms with E-state index in [4.69, 9.17) is 23.2 Å². The van der Waals surface area contributed by atoms with Gasteiger partial charge in [-0.2, -0.15) is 0 Å². The van der Waals surface area contributed by atoms with Crippen molar-refractivity contribution in [2.75, 3.05) is 0 Å². The van der Waals surface area contributed by atoms with E-state index in [2.05, 4.69) is 4.98 Å². The van der Waals surface area contributed by atoms with Gasteiger partial charge in [0.1, 0.15) is 0 Å². The number of benzene rings is 2. The van der Waals surface area contributed by atoms with Crippen LogP contribution in [0.4, 0.5) is 0 Å². The normalized spacial score (nSPS) is 11.4. The molecule has 0 amide bonds. The number of hydrogen-bond acceptors (Lipinski definition) is 3. The summed E-state index contributed by atoms with van der Waals surface area (Å²) in [6.07, 6.45) is 0. The molecule has 23 heavy (non-hydrogen) atoms. The second kappa shape index (κ2) is 6.32. The van der Waals surface area contributed by atoms with E-state index in [0.717, 1.165) is 5.56 Å². The van der Waals surface area contributed by atoms with E-state index in [1.165, 1.54) is 30.3 Å². The summed E-state index contributed by atoms with van der Waals surface area (Å²) in [6, 6.07) is 18.1. The number of sulfone groups is 1. The molecule has 0 saturated carbocycles. The third kappa shape index (κ3) is 3.24. The molecule has 0 aliphatic carbocycles. The van der Waals surface area contributed by atoms with Crippen LogP contribution in [0.1, 0.15) is 0 Å². The van der Waals surface area contributed by atoms with Gasteiger partial charge in [0, 0.05) is 10.6 Å². The summed E-state index contributed by atoms with van der Waals surface area (Å²) >= 11 is 12.0. The Bertz CT molecular complexity index is 940. The summed E-state index contributed by atoms with van der Waals surface area (Å²) in [7, 11) is -3.73. The number of halogens is 2. The average molecular weight is 364 g/mol. The van der Waals surface area contributed by atoms with Gasteiger partial charge in [0.05, 0.1) is 15.6 Å². The molecular formula is C17H11Cl2NO2S. The number of nitrogens with zero attached hydrogens (tertiary/aromatic N) is 1. The lowest BCUT2D eigenvalue weighted by Gasteiger charge is -2.08. The van der Waals surface area contributed by atoms with E-state index < -0.39 is 9.84 Å². The summed E-state index contributed by atoms with van der Waals surface area (Å²) in [5.74, 6) is 0. The number of aromatic nitrogens is 1. The van der Waals surface area contributed by atoms with E-state index in [1.807, 2.05) is 30.3 Å². The van der Waals surface area contributed by atoms with E-state index in [-0.39, 0.29) is 9.92 Å². The second-order valence-electron chi connectivity index (χ2n) is 4.80. The van der Waals surface area contributed by atoms with Crippen LogP contribution in [0.5, 0.6) is 0 Å². The lowest BCUT2D eigenvalue weighted by Crippen LogP contribution is -2.05. The van der Waals surface area contributed by atoms with Crippen molar-refractivity contribution < 1.29 is 8.42 Å². The van der Waals surface area contributed by atoms with Crippen LogP contribution < -0.4 is 0 Å². The Balaban J connectivity index is 2.12. The predicted octanol–water partition coefficient (Wildman–Crippen LogP) is 4.89. The quantitative estimate of drug-likeness (QED) is 0.665. The summed E-state index contributed by atoms with van der Waals surface area (Å²) in [4.78, 5) is 4.40. The van der Waals surface area contributed by atoms with Gasteiger partial charge >= 0.3 is 0 Å². The third-order valence-electron chi connectivity index (χ3n) is 3.27. The van der Waals surface area contributed by atoms with E-state index >= 15 is 0 Å². The maximum atomic E-state index is 12.7. The van der Waals surface area contributed by atoms with Gasteiger partial charge in [0.2, 0.25) is 9.84 Å². The largest absolute Gasteiger partial charge is 0.234 e. The van der Waals surface area contributed by atoms with Crippen molar-refractivity contribution in [1.82, 2.24) is 4.98 Å². The Morgan fingerprint density at radius 3 is 2.09 bits per heavy atom. The molecule has 0 aliphatic heterocycles. The van der Waals surface area contributed by atoms with Crippen molar-refractivity contribution in [3.8, 4) is 11.3 Å². The molecule has 3 aromatic rings. The van der Waals surface area contributed by atoms with Crippen LogP contribution in [0.3, 0.4) is 0 Å². The van der Waals surface area contributed by atoms with Crippen LogP contribution in [0.25, 0.3) is 11.3 Å². The highest BCUT2D eigenvalue weighted by molar-refractivity contribution is 7.91. The Hall–Kier alpha value is -1.88. The summed E-state index contributed by atoms with van der Waals surface area (Å²) < 4.78 is 25.4. The molecule has 3 rings (SSSR count). The van der Waals surface area contributed by atoms with E-state index in [1.54, 1.807) is 6.07 Å². The molecular weight excluding hydrogens is 353 g/mol. The fourth-order valence-electron chi connectivity index (χ4n) is 2.11. The second-order valence-corrected chi connectivity index (χ2v) is 7.54. The first-order chi connectivity index (χ1) is 11.0. The first-order valence-electron chi connectivity index (χ1n) is 6.71. The molecule has 3 nitrogen and oxygen atoms in total. The van der Waals surface area contributed by atoms with Crippen molar-refractivity contribution in [2.24, 2.45) is 0 Å². The molecule has 0 N–H and O–H groups in total. The molecule has 1 heterocycles. The van der Waals surface area contributed by atoms with Crippen molar-refractivity contribution in [3.05, 3.63) is 76.8 Å². The van der Waals surface area contributed by atoms with Crippen LogP contribution in [0, 0.1) is 0 Å². The molecule has 1 aromatic heterocycles. The van der Waals surface area contributed by atoms with Crippen molar-refractivity contribution in [3.63, 3.8) is 0 Å². The van der Waals surface area contributed by atoms with Gasteiger partial charge in [-0.3, -0.25) is 0 Å². The maximum Gasteiger partial charge on any atom is 0.223 e. The van der Waals surface area contributed by atoms with Gasteiger partial charge in [-0.15, -0.1) is 0 Å². The lowest BCUT2D eigenvalue weighted by molar-refractivity contribution is 0.592. The fourth-order valence-corrected chi connectivity index (χ4v) is 3.64. The fraction of sp³-hybridized carbons (Fsp3) is 0. The number of pyridine rings is 1. The van der Waals surface area contributed by atoms with Gasteiger partial charge in [0.15, 0.2) is 5.03 Å². The summed E-state index contributed by atoms with van der Waals surface area (Å²) in [5, 5.41) is 0.812. The zero-order valence-corrected chi connectivity index (χ0v) is 14.1. The predicted molar refractivity (Wildman–Crippen MR) is 91.6 cm³/mol. The molecule has 116 valence electrons. The summed E-state index contributed by atoms with van der Waals surface area (Å²) in [5.41, 5.74) is 1.19. The molecule has 0 atom stereocenters. The lowest BCUT2D eigenvalue weighted by atomic mass is 10.1. The maximum absolute atomic E-state index is 12.7. The Morgan fingerprint density at radius 1 is 0.783 bits per heavy atom. The summed E-state index contributed by atoms with van der Waals surface area (Å²) in [6.45, 7) is 0. The standard InChI is InChI=1S/C17H11Cl2NO2S/c18-13-6-8-14(9-7-13)23(21,22)16-11-10-15(19)17(20-16)12-4-2-1-3-5-12/h1-11H. The van der Waals surface area contributed by atoms with Crippen LogP contribution in [0.15, 0.2) is 76.7 Å². The number of rotatable bonds is 3. The van der Waals surface area contributed by atoms with Crippen LogP contribution in [-0.2, 0) is 9.84 Å². The van der Waals surface area contributed by atoms with Gasteiger partial charge in [-0.05, 0) is 36.4 Å². The zero-order valence-electron chi connectivity index (χ0n) is 11.8. The molecule has 0 unspecified atom stereocenters. The Kier molecular flexibility index (Phi) is 4.39. The topological polar surface area (TPSA) is 47.0 Å². The molecule has 0 fully saturated rings. The van der Waals surface area contributed by atoms with E-state index in [9.17, 15) is 8.42 Å². The monoisotopic (exact) mass is 363 g/mol. The molecule has 2 aromatic carbocycles. The number of hydrogen-bond donors (Lipinski definition) is 0. The van der Waals surface area contributed by atoms with Crippen LogP contribution >= 0.6 is 23.2 Å². The minimum Gasteiger partial charge on any atom is -0.234 e. The van der Waals surface area contributed by atoms with Gasteiger partial charge in [-0.1, -0.05) is 53.5 Å². The molecule has 0 spiro atoms. The highest BCUT2D eigenvalue weighted by Crippen LogP contribution is 2.29. The Morgan fingerprint density at radius 2 is 1.43 bits per heavy atom. The zero-order chi connectivity index (χ0) is 16.4. The first kappa shape index (κ1) is 16.0. The van der Waals surface area contributed by atoms with Crippen molar-refractivity contribution in [2.45, 2.75) is 9.92 Å². The highest BCUT2D eigenvalue weighted by Gasteiger charge is 2.21. The van der Waals surface area contributed by atoms with Crippen LogP contribution in [-0.4, -0.2) is 13.4 Å². The molecule has 6 heteroatoms. The van der Waals surface area contributed by atoms with Gasteiger partial charge in [0.25, 0.3) is 0 Å². The molecule has 0 saturated heterocycles. The SMILES string of the molecule is O=S(=O)(c1ccc(Cl)cc1)c1ccc(Cl)c(-c2ccccc2)n1. The van der Waals surface area contributed by atoms with E-state index in [0.29, 0.717) is 15.7 Å². The molecule has 0 radical (unpaired) electrons. The average Bonchev–Trinajstić information content (AvgIpc) is 2.56. The van der Waals surface area contributed by atoms with Gasteiger partial charge < -0.3 is 0 Å². The van der Waals surface area contributed by atoms with Crippen molar-refractivity contribution >= 4 is 33.0 Å². The minimum absolute atomic E-state index is 0.0527. The Labute approximate surface area is 144 Å². The smallest absolute Gasteiger partial charge is 0.223 e. The van der Waals surface area contributed by atoms with Gasteiger partial charge in [-0.25, -0.2) is 13.4 Å². The first-order valence-corrected chi connectivity index (χ1v) is 8.95. The highest BCUT2D eigenvalue weighted by atomic mass is 35.5. The molecule has 0 aliphatic rings. The van der Waals surface area contributed by atoms with Crippen molar-refractivity contribution in [1.29, 1.82) is 0 Å². The molecule has 0 bridgehead atoms.